The van der Waals surface area contributed by atoms with E-state index >= 15 is 4.39 Å². The highest BCUT2D eigenvalue weighted by Crippen LogP contribution is 2.49. The van der Waals surface area contributed by atoms with Crippen molar-refractivity contribution in [1.82, 2.24) is 20.2 Å². The van der Waals surface area contributed by atoms with Crippen molar-refractivity contribution in [1.29, 1.82) is 0 Å². The van der Waals surface area contributed by atoms with Gasteiger partial charge in [0.2, 0.25) is 0 Å². The second-order valence-corrected chi connectivity index (χ2v) is 15.7. The molecule has 5 fully saturated rings. The minimum atomic E-state index is -0.489. The molecule has 0 radical (unpaired) electrons. The fourth-order valence-corrected chi connectivity index (χ4v) is 9.04. The van der Waals surface area contributed by atoms with Gasteiger partial charge in [0.25, 0.3) is 0 Å². The smallest absolute Gasteiger partial charge is 0.319 e. The average Bonchev–Trinajstić information content (AvgIpc) is 3.34. The van der Waals surface area contributed by atoms with Crippen molar-refractivity contribution in [3.8, 4) is 35.2 Å². The number of phenols is 1. The molecule has 0 amide bonds. The molecule has 0 spiro atoms. The minimum Gasteiger partial charge on any atom is -0.508 e. The van der Waals surface area contributed by atoms with Gasteiger partial charge in [0.05, 0.1) is 29.9 Å². The second-order valence-electron chi connectivity index (χ2n) is 15.3. The first kappa shape index (κ1) is 31.3. The standard InChI is InChI=1S/C39H41ClFN5O3/c1-4-28-32(40)8-5-22-11-26(47)13-30(33(22)28)34-29(21(2)3)14-31-36(35(34)41)43-38(44-37(31)45-15-23-6-7-24(16-45)42-23)49-20-39(9-10-39)19-46-17-27-12-25(46)18-48-27/h1,5,8,11,13-14,21,23-25,27,42,47H,6-7,9-10,12,15-20H2,2-3H3/t23?,24?,25-,27-/m1/s1. The summed E-state index contributed by atoms with van der Waals surface area (Å²) in [5.74, 6) is 2.88. The molecular formula is C39H41ClFN5O3. The number of hydrogen-bond acceptors (Lipinski definition) is 8. The number of piperazine rings is 1. The van der Waals surface area contributed by atoms with Crippen molar-refractivity contribution in [3.63, 3.8) is 0 Å². The van der Waals surface area contributed by atoms with Gasteiger partial charge in [-0.1, -0.05) is 37.4 Å². The van der Waals surface area contributed by atoms with Gasteiger partial charge in [-0.15, -0.1) is 6.42 Å². The molecule has 5 aliphatic rings. The maximum Gasteiger partial charge on any atom is 0.319 e. The van der Waals surface area contributed by atoms with Crippen LogP contribution in [0.4, 0.5) is 10.2 Å². The number of benzene rings is 3. The number of morpholine rings is 1. The molecule has 1 saturated carbocycles. The average molecular weight is 682 g/mol. The molecule has 1 aromatic heterocycles. The summed E-state index contributed by atoms with van der Waals surface area (Å²) in [6.07, 6.45) is 11.8. The van der Waals surface area contributed by atoms with Crippen molar-refractivity contribution in [3.05, 3.63) is 52.3 Å². The van der Waals surface area contributed by atoms with Crippen LogP contribution < -0.4 is 15.0 Å². The second kappa shape index (κ2) is 11.7. The fraction of sp³-hybridized carbons (Fsp3) is 0.487. The summed E-state index contributed by atoms with van der Waals surface area (Å²) in [7, 11) is 0. The van der Waals surface area contributed by atoms with E-state index in [1.165, 1.54) is 0 Å². The Morgan fingerprint density at radius 2 is 1.96 bits per heavy atom. The molecule has 10 heteroatoms. The van der Waals surface area contributed by atoms with Crippen molar-refractivity contribution >= 4 is 39.1 Å². The zero-order chi connectivity index (χ0) is 33.6. The number of phenolic OH excluding ortho intramolecular Hbond substituents is 1. The Labute approximate surface area is 290 Å². The molecule has 4 aromatic rings. The quantitative estimate of drug-likeness (QED) is 0.201. The third-order valence-electron chi connectivity index (χ3n) is 11.5. The highest BCUT2D eigenvalue weighted by atomic mass is 35.5. The van der Waals surface area contributed by atoms with Gasteiger partial charge in [0, 0.05) is 66.1 Å². The first-order valence-electron chi connectivity index (χ1n) is 17.6. The van der Waals surface area contributed by atoms with Gasteiger partial charge in [-0.25, -0.2) is 4.39 Å². The lowest BCUT2D eigenvalue weighted by atomic mass is 9.86. The van der Waals surface area contributed by atoms with Crippen LogP contribution in [-0.4, -0.2) is 83.6 Å². The molecule has 9 rings (SSSR count). The lowest BCUT2D eigenvalue weighted by molar-refractivity contribution is 0.0176. The van der Waals surface area contributed by atoms with E-state index in [0.717, 1.165) is 70.5 Å². The fourth-order valence-electron chi connectivity index (χ4n) is 8.82. The summed E-state index contributed by atoms with van der Waals surface area (Å²) in [6, 6.07) is 10.2. The van der Waals surface area contributed by atoms with Crippen LogP contribution in [0, 0.1) is 23.6 Å². The van der Waals surface area contributed by atoms with Crippen molar-refractivity contribution < 1.29 is 19.0 Å². The Morgan fingerprint density at radius 1 is 1.16 bits per heavy atom. The molecule has 4 bridgehead atoms. The summed E-state index contributed by atoms with van der Waals surface area (Å²) >= 11 is 6.59. The number of aromatic hydroxyl groups is 1. The van der Waals surface area contributed by atoms with Crippen LogP contribution in [-0.2, 0) is 4.74 Å². The Balaban J connectivity index is 1.18. The number of hydrogen-bond donors (Lipinski definition) is 2. The van der Waals surface area contributed by atoms with Crippen molar-refractivity contribution in [2.75, 3.05) is 44.3 Å². The highest BCUT2D eigenvalue weighted by Gasteiger charge is 2.49. The van der Waals surface area contributed by atoms with Crippen LogP contribution in [0.25, 0.3) is 32.8 Å². The van der Waals surface area contributed by atoms with Gasteiger partial charge in [0.1, 0.15) is 17.1 Å². The number of terminal acetylenes is 1. The first-order chi connectivity index (χ1) is 23.7. The van der Waals surface area contributed by atoms with E-state index in [9.17, 15) is 5.11 Å². The number of rotatable bonds is 8. The number of fused-ring (bicyclic) bond motifs is 6. The normalized spacial score (nSPS) is 25.5. The molecule has 8 nitrogen and oxygen atoms in total. The van der Waals surface area contributed by atoms with Crippen molar-refractivity contribution in [2.45, 2.75) is 76.1 Å². The molecule has 1 aliphatic carbocycles. The van der Waals surface area contributed by atoms with E-state index in [-0.39, 0.29) is 28.6 Å². The van der Waals surface area contributed by atoms with Crippen LogP contribution in [0.2, 0.25) is 5.02 Å². The Hall–Kier alpha value is -3.68. The largest absolute Gasteiger partial charge is 0.508 e. The molecule has 3 aromatic carbocycles. The number of anilines is 1. The molecule has 4 atom stereocenters. The van der Waals surface area contributed by atoms with E-state index in [1.54, 1.807) is 24.3 Å². The maximum absolute atomic E-state index is 17.5. The van der Waals surface area contributed by atoms with Gasteiger partial charge in [0.15, 0.2) is 5.82 Å². The Bertz CT molecular complexity index is 2030. The summed E-state index contributed by atoms with van der Waals surface area (Å²) in [5.41, 5.74) is 2.32. The Morgan fingerprint density at radius 3 is 2.63 bits per heavy atom. The molecule has 2 N–H and O–H groups in total. The molecule has 4 aliphatic heterocycles. The third kappa shape index (κ3) is 5.39. The summed E-state index contributed by atoms with van der Waals surface area (Å²) in [4.78, 5) is 14.7. The highest BCUT2D eigenvalue weighted by molar-refractivity contribution is 6.33. The molecular weight excluding hydrogens is 641 g/mol. The minimum absolute atomic E-state index is 0.0122. The van der Waals surface area contributed by atoms with Gasteiger partial charge in [-0.3, -0.25) is 4.90 Å². The van der Waals surface area contributed by atoms with Crippen LogP contribution >= 0.6 is 11.6 Å². The van der Waals surface area contributed by atoms with Crippen LogP contribution in [0.1, 0.15) is 63.0 Å². The number of likely N-dealkylation sites (tertiary alicyclic amines) is 1. The topological polar surface area (TPSA) is 83.0 Å². The first-order valence-corrected chi connectivity index (χ1v) is 18.0. The summed E-state index contributed by atoms with van der Waals surface area (Å²) in [5, 5.41) is 16.9. The number of nitrogens with one attached hydrogen (secondary N) is 1. The van der Waals surface area contributed by atoms with Gasteiger partial charge in [-0.05, 0) is 78.8 Å². The number of halogens is 2. The maximum atomic E-state index is 17.5. The zero-order valence-corrected chi connectivity index (χ0v) is 28.7. The van der Waals surface area contributed by atoms with Crippen LogP contribution in [0.3, 0.4) is 0 Å². The van der Waals surface area contributed by atoms with Crippen LogP contribution in [0.5, 0.6) is 11.8 Å². The number of ether oxygens (including phenoxy) is 2. The van der Waals surface area contributed by atoms with E-state index in [0.29, 0.717) is 74.5 Å². The van der Waals surface area contributed by atoms with Gasteiger partial charge < -0.3 is 24.8 Å². The van der Waals surface area contributed by atoms with E-state index in [1.807, 2.05) is 19.9 Å². The predicted octanol–water partition coefficient (Wildman–Crippen LogP) is 6.63. The molecule has 5 heterocycles. The van der Waals surface area contributed by atoms with Gasteiger partial charge >= 0.3 is 6.01 Å². The van der Waals surface area contributed by atoms with Crippen LogP contribution in [0.15, 0.2) is 30.3 Å². The number of aromatic nitrogens is 2. The van der Waals surface area contributed by atoms with E-state index in [2.05, 4.69) is 21.0 Å². The van der Waals surface area contributed by atoms with E-state index in [4.69, 9.17) is 37.5 Å². The molecule has 254 valence electrons. The third-order valence-corrected chi connectivity index (χ3v) is 11.9. The van der Waals surface area contributed by atoms with E-state index < -0.39 is 5.82 Å². The molecule has 49 heavy (non-hydrogen) atoms. The molecule has 2 unspecified atom stereocenters. The lowest BCUT2D eigenvalue weighted by Gasteiger charge is -2.34. The van der Waals surface area contributed by atoms with Crippen molar-refractivity contribution in [2.24, 2.45) is 5.41 Å². The predicted molar refractivity (Wildman–Crippen MR) is 190 cm³/mol. The summed E-state index contributed by atoms with van der Waals surface area (Å²) < 4.78 is 29.9. The number of nitrogens with zero attached hydrogens (tertiary/aromatic N) is 4. The zero-order valence-electron chi connectivity index (χ0n) is 27.9. The molecule has 4 saturated heterocycles. The Kier molecular flexibility index (Phi) is 7.48. The summed E-state index contributed by atoms with van der Waals surface area (Å²) in [6.45, 7) is 8.91. The lowest BCUT2D eigenvalue weighted by Crippen LogP contribution is -2.51. The SMILES string of the molecule is C#Cc1c(Cl)ccc2cc(O)cc(-c3c(C(C)C)cc4c(N5CC6CCC(C5)N6)nc(OCC5(CN6C[C@H]7C[C@@H]6CO7)CC5)nc4c3F)c12. The monoisotopic (exact) mass is 681 g/mol. The van der Waals surface area contributed by atoms with Gasteiger partial charge in [-0.2, -0.15) is 9.97 Å².